The SMILES string of the molecule is CC[C@H](O)c1ccccc1-n1nc(C)c(Br)c1C. The minimum absolute atomic E-state index is 0.455. The van der Waals surface area contributed by atoms with Crippen LogP contribution >= 0.6 is 15.9 Å². The first-order chi connectivity index (χ1) is 8.56. The van der Waals surface area contributed by atoms with E-state index in [0.29, 0.717) is 6.42 Å². The molecule has 1 atom stereocenters. The van der Waals surface area contributed by atoms with Crippen molar-refractivity contribution < 1.29 is 5.11 Å². The standard InChI is InChI=1S/C14H17BrN2O/c1-4-13(18)11-7-5-6-8-12(11)17-10(3)14(15)9(2)16-17/h5-8,13,18H,4H2,1-3H3/t13-/m0/s1. The van der Waals surface area contributed by atoms with Gasteiger partial charge in [-0.3, -0.25) is 0 Å². The Bertz CT molecular complexity index is 563. The van der Waals surface area contributed by atoms with E-state index >= 15 is 0 Å². The van der Waals surface area contributed by atoms with Gasteiger partial charge in [-0.1, -0.05) is 25.1 Å². The lowest BCUT2D eigenvalue weighted by Gasteiger charge is -2.15. The fourth-order valence-electron chi connectivity index (χ4n) is 2.04. The quantitative estimate of drug-likeness (QED) is 0.939. The summed E-state index contributed by atoms with van der Waals surface area (Å²) < 4.78 is 2.90. The van der Waals surface area contributed by atoms with Crippen LogP contribution in [0.4, 0.5) is 0 Å². The Morgan fingerprint density at radius 2 is 2.00 bits per heavy atom. The second-order valence-electron chi connectivity index (χ2n) is 4.38. The molecule has 1 aromatic carbocycles. The highest BCUT2D eigenvalue weighted by atomic mass is 79.9. The number of aliphatic hydroxyl groups is 1. The van der Waals surface area contributed by atoms with E-state index in [2.05, 4.69) is 21.0 Å². The zero-order valence-electron chi connectivity index (χ0n) is 10.8. The fraction of sp³-hybridized carbons (Fsp3) is 0.357. The van der Waals surface area contributed by atoms with Gasteiger partial charge >= 0.3 is 0 Å². The molecular weight excluding hydrogens is 292 g/mol. The monoisotopic (exact) mass is 308 g/mol. The summed E-state index contributed by atoms with van der Waals surface area (Å²) >= 11 is 3.53. The van der Waals surface area contributed by atoms with Crippen molar-refractivity contribution in [1.29, 1.82) is 0 Å². The van der Waals surface area contributed by atoms with Crippen LogP contribution in [0.15, 0.2) is 28.7 Å². The Morgan fingerprint density at radius 1 is 1.33 bits per heavy atom. The molecule has 2 rings (SSSR count). The van der Waals surface area contributed by atoms with Gasteiger partial charge in [-0.15, -0.1) is 0 Å². The number of aromatic nitrogens is 2. The van der Waals surface area contributed by atoms with Crippen molar-refractivity contribution in [3.63, 3.8) is 0 Å². The maximum absolute atomic E-state index is 10.1. The van der Waals surface area contributed by atoms with E-state index in [0.717, 1.165) is 27.1 Å². The van der Waals surface area contributed by atoms with Crippen molar-refractivity contribution in [2.45, 2.75) is 33.3 Å². The van der Waals surface area contributed by atoms with E-state index in [-0.39, 0.29) is 0 Å². The molecule has 0 bridgehead atoms. The van der Waals surface area contributed by atoms with Gasteiger partial charge in [-0.2, -0.15) is 5.10 Å². The number of para-hydroxylation sites is 1. The van der Waals surface area contributed by atoms with E-state index in [1.165, 1.54) is 0 Å². The third-order valence-corrected chi connectivity index (χ3v) is 4.26. The first kappa shape index (κ1) is 13.3. The lowest BCUT2D eigenvalue weighted by atomic mass is 10.1. The van der Waals surface area contributed by atoms with Crippen LogP contribution < -0.4 is 0 Å². The highest BCUT2D eigenvalue weighted by molar-refractivity contribution is 9.10. The number of rotatable bonds is 3. The molecular formula is C14H17BrN2O. The van der Waals surface area contributed by atoms with Gasteiger partial charge in [0.1, 0.15) is 0 Å². The number of aryl methyl sites for hydroxylation is 1. The van der Waals surface area contributed by atoms with E-state index in [4.69, 9.17) is 0 Å². The maximum atomic E-state index is 10.1. The molecule has 4 heteroatoms. The van der Waals surface area contributed by atoms with E-state index < -0.39 is 6.10 Å². The highest BCUT2D eigenvalue weighted by Crippen LogP contribution is 2.28. The summed E-state index contributed by atoms with van der Waals surface area (Å²) in [6.45, 7) is 5.95. The summed E-state index contributed by atoms with van der Waals surface area (Å²) in [6.07, 6.45) is 0.237. The number of halogens is 1. The second kappa shape index (κ2) is 5.24. The molecule has 0 unspecified atom stereocenters. The zero-order valence-corrected chi connectivity index (χ0v) is 12.4. The van der Waals surface area contributed by atoms with Crippen molar-refractivity contribution in [3.8, 4) is 5.69 Å². The largest absolute Gasteiger partial charge is 0.388 e. The lowest BCUT2D eigenvalue weighted by Crippen LogP contribution is -2.06. The molecule has 2 aromatic rings. The third kappa shape index (κ3) is 2.22. The molecule has 0 fully saturated rings. The Morgan fingerprint density at radius 3 is 2.56 bits per heavy atom. The molecule has 3 nitrogen and oxygen atoms in total. The van der Waals surface area contributed by atoms with Crippen LogP contribution in [0.1, 0.15) is 36.4 Å². The van der Waals surface area contributed by atoms with Gasteiger partial charge in [0, 0.05) is 5.56 Å². The van der Waals surface area contributed by atoms with Crippen LogP contribution in [-0.2, 0) is 0 Å². The van der Waals surface area contributed by atoms with Gasteiger partial charge in [-0.25, -0.2) is 4.68 Å². The van der Waals surface area contributed by atoms with Crippen molar-refractivity contribution >= 4 is 15.9 Å². The molecule has 0 radical (unpaired) electrons. The Hall–Kier alpha value is -1.13. The summed E-state index contributed by atoms with van der Waals surface area (Å²) in [6, 6.07) is 7.85. The average molecular weight is 309 g/mol. The van der Waals surface area contributed by atoms with Gasteiger partial charge < -0.3 is 5.11 Å². The van der Waals surface area contributed by atoms with Crippen LogP contribution in [0.25, 0.3) is 5.69 Å². The van der Waals surface area contributed by atoms with Gasteiger partial charge in [0.25, 0.3) is 0 Å². The number of nitrogens with zero attached hydrogens (tertiary/aromatic N) is 2. The number of hydrogen-bond acceptors (Lipinski definition) is 2. The summed E-state index contributed by atoms with van der Waals surface area (Å²) in [7, 11) is 0. The summed E-state index contributed by atoms with van der Waals surface area (Å²) in [5, 5.41) is 14.6. The molecule has 0 saturated heterocycles. The zero-order chi connectivity index (χ0) is 13.3. The second-order valence-corrected chi connectivity index (χ2v) is 5.17. The first-order valence-electron chi connectivity index (χ1n) is 6.05. The Kier molecular flexibility index (Phi) is 3.88. The molecule has 0 spiro atoms. The van der Waals surface area contributed by atoms with Crippen molar-refractivity contribution in [3.05, 3.63) is 45.7 Å². The van der Waals surface area contributed by atoms with Gasteiger partial charge in [0.2, 0.25) is 0 Å². The number of benzene rings is 1. The molecule has 1 heterocycles. The summed E-state index contributed by atoms with van der Waals surface area (Å²) in [4.78, 5) is 0. The normalized spacial score (nSPS) is 12.7. The first-order valence-corrected chi connectivity index (χ1v) is 6.84. The molecule has 18 heavy (non-hydrogen) atoms. The van der Waals surface area contributed by atoms with Crippen LogP contribution in [0, 0.1) is 13.8 Å². The molecule has 1 N–H and O–H groups in total. The van der Waals surface area contributed by atoms with Crippen molar-refractivity contribution in [1.82, 2.24) is 9.78 Å². The predicted molar refractivity (Wildman–Crippen MR) is 76.0 cm³/mol. The minimum atomic E-state index is -0.455. The Balaban J connectivity index is 2.60. The highest BCUT2D eigenvalue weighted by Gasteiger charge is 2.16. The summed E-state index contributed by atoms with van der Waals surface area (Å²) in [5.41, 5.74) is 3.85. The van der Waals surface area contributed by atoms with Crippen molar-refractivity contribution in [2.75, 3.05) is 0 Å². The van der Waals surface area contributed by atoms with Crippen molar-refractivity contribution in [2.24, 2.45) is 0 Å². The minimum Gasteiger partial charge on any atom is -0.388 e. The van der Waals surface area contributed by atoms with Crippen LogP contribution in [0.2, 0.25) is 0 Å². The van der Waals surface area contributed by atoms with Gasteiger partial charge in [-0.05, 0) is 42.3 Å². The number of hydrogen-bond donors (Lipinski definition) is 1. The fourth-order valence-corrected chi connectivity index (χ4v) is 2.29. The lowest BCUT2D eigenvalue weighted by molar-refractivity contribution is 0.173. The maximum Gasteiger partial charge on any atom is 0.0808 e. The topological polar surface area (TPSA) is 38.0 Å². The van der Waals surface area contributed by atoms with E-state index in [1.807, 2.05) is 49.7 Å². The van der Waals surface area contributed by atoms with Crippen LogP contribution in [-0.4, -0.2) is 14.9 Å². The molecule has 0 saturated carbocycles. The Labute approximate surface area is 116 Å². The smallest absolute Gasteiger partial charge is 0.0808 e. The van der Waals surface area contributed by atoms with Gasteiger partial charge in [0.15, 0.2) is 0 Å². The van der Waals surface area contributed by atoms with Gasteiger partial charge in [0.05, 0.1) is 27.7 Å². The van der Waals surface area contributed by atoms with E-state index in [1.54, 1.807) is 0 Å². The summed E-state index contributed by atoms with van der Waals surface area (Å²) in [5.74, 6) is 0. The van der Waals surface area contributed by atoms with Crippen LogP contribution in [0.3, 0.4) is 0 Å². The third-order valence-electron chi connectivity index (χ3n) is 3.11. The average Bonchev–Trinajstić information content (AvgIpc) is 2.65. The molecule has 0 aliphatic rings. The molecule has 0 amide bonds. The predicted octanol–water partition coefficient (Wildman–Crippen LogP) is 3.70. The molecule has 0 aliphatic heterocycles. The number of aliphatic hydroxyl groups excluding tert-OH is 1. The molecule has 1 aromatic heterocycles. The molecule has 0 aliphatic carbocycles. The van der Waals surface area contributed by atoms with E-state index in [9.17, 15) is 5.11 Å². The van der Waals surface area contributed by atoms with Crippen LogP contribution in [0.5, 0.6) is 0 Å². The molecule has 96 valence electrons.